The molecule has 0 radical (unpaired) electrons. The maximum Gasteiger partial charge on any atom is 0.162 e. The molecule has 0 saturated carbocycles. The molecule has 3 heteroatoms. The maximum absolute atomic E-state index is 6.10. The first-order chi connectivity index (χ1) is 9.74. The van der Waals surface area contributed by atoms with Gasteiger partial charge < -0.3 is 9.47 Å². The van der Waals surface area contributed by atoms with Gasteiger partial charge in [0.1, 0.15) is 12.7 Å². The second-order valence-electron chi connectivity index (χ2n) is 6.15. The average molecular weight is 275 g/mol. The lowest BCUT2D eigenvalue weighted by Crippen LogP contribution is -2.44. The molecule has 3 rings (SSSR count). The Kier molecular flexibility index (Phi) is 4.16. The van der Waals surface area contributed by atoms with Crippen LogP contribution in [0.4, 0.5) is 0 Å². The fourth-order valence-electron chi connectivity index (χ4n) is 3.18. The summed E-state index contributed by atoms with van der Waals surface area (Å²) in [6, 6.07) is 6.15. The minimum atomic E-state index is 0.169. The number of hydrogen-bond acceptors (Lipinski definition) is 3. The highest BCUT2D eigenvalue weighted by atomic mass is 16.6. The molecule has 0 bridgehead atoms. The first kappa shape index (κ1) is 13.7. The zero-order chi connectivity index (χ0) is 13.9. The largest absolute Gasteiger partial charge is 0.486 e. The number of aryl methyl sites for hydroxylation is 1. The van der Waals surface area contributed by atoms with Gasteiger partial charge in [0, 0.05) is 6.54 Å². The summed E-state index contributed by atoms with van der Waals surface area (Å²) in [6.45, 7) is 8.46. The lowest BCUT2D eigenvalue weighted by molar-refractivity contribution is 0.0475. The number of fused-ring (bicyclic) bond motifs is 1. The zero-order valence-corrected chi connectivity index (χ0v) is 12.6. The number of piperidine rings is 1. The van der Waals surface area contributed by atoms with E-state index in [-0.39, 0.29) is 6.10 Å². The van der Waals surface area contributed by atoms with Crippen LogP contribution >= 0.6 is 0 Å². The fraction of sp³-hybridized carbons (Fsp3) is 0.647. The Bertz CT molecular complexity index is 452. The van der Waals surface area contributed by atoms with Crippen molar-refractivity contribution in [3.05, 3.63) is 23.8 Å². The van der Waals surface area contributed by atoms with Crippen molar-refractivity contribution in [2.24, 2.45) is 5.92 Å². The standard InChI is InChI=1S/C17H25NO2/c1-3-14-6-8-18(9-7-14)11-15-12-19-16-5-4-13(2)10-17(16)20-15/h4-5,10,14-15H,3,6-9,11-12H2,1-2H3. The molecule has 0 amide bonds. The molecular formula is C17H25NO2. The van der Waals surface area contributed by atoms with E-state index in [1.807, 2.05) is 6.07 Å². The molecule has 1 aromatic carbocycles. The van der Waals surface area contributed by atoms with Gasteiger partial charge in [-0.15, -0.1) is 0 Å². The van der Waals surface area contributed by atoms with Gasteiger partial charge in [-0.05, 0) is 56.5 Å². The number of rotatable bonds is 3. The normalized spacial score (nSPS) is 23.8. The smallest absolute Gasteiger partial charge is 0.162 e. The highest BCUT2D eigenvalue weighted by Gasteiger charge is 2.25. The van der Waals surface area contributed by atoms with E-state index in [2.05, 4.69) is 30.9 Å². The van der Waals surface area contributed by atoms with Gasteiger partial charge in [0.25, 0.3) is 0 Å². The summed E-state index contributed by atoms with van der Waals surface area (Å²) >= 11 is 0. The third-order valence-corrected chi connectivity index (χ3v) is 4.56. The van der Waals surface area contributed by atoms with Gasteiger partial charge in [-0.1, -0.05) is 19.4 Å². The van der Waals surface area contributed by atoms with Gasteiger partial charge >= 0.3 is 0 Å². The average Bonchev–Trinajstić information content (AvgIpc) is 2.47. The van der Waals surface area contributed by atoms with Crippen LogP contribution in [0.5, 0.6) is 11.5 Å². The van der Waals surface area contributed by atoms with E-state index in [0.717, 1.165) is 24.0 Å². The predicted molar refractivity (Wildman–Crippen MR) is 80.5 cm³/mol. The van der Waals surface area contributed by atoms with E-state index in [0.29, 0.717) is 6.61 Å². The first-order valence-corrected chi connectivity index (χ1v) is 7.87. The molecular weight excluding hydrogens is 250 g/mol. The van der Waals surface area contributed by atoms with Crippen LogP contribution in [0, 0.1) is 12.8 Å². The van der Waals surface area contributed by atoms with Crippen LogP contribution in [0.25, 0.3) is 0 Å². The molecule has 1 aromatic rings. The third-order valence-electron chi connectivity index (χ3n) is 4.56. The van der Waals surface area contributed by atoms with Gasteiger partial charge in [-0.2, -0.15) is 0 Å². The van der Waals surface area contributed by atoms with Crippen molar-refractivity contribution < 1.29 is 9.47 Å². The molecule has 0 spiro atoms. The summed E-state index contributed by atoms with van der Waals surface area (Å²) in [5, 5.41) is 0. The van der Waals surface area contributed by atoms with Gasteiger partial charge in [0.05, 0.1) is 0 Å². The highest BCUT2D eigenvalue weighted by molar-refractivity contribution is 5.43. The van der Waals surface area contributed by atoms with E-state index in [9.17, 15) is 0 Å². The van der Waals surface area contributed by atoms with Crippen molar-refractivity contribution in [2.45, 2.75) is 39.2 Å². The van der Waals surface area contributed by atoms with Crippen LogP contribution in [-0.4, -0.2) is 37.2 Å². The Morgan fingerprint density at radius 3 is 2.75 bits per heavy atom. The number of benzene rings is 1. The van der Waals surface area contributed by atoms with Crippen molar-refractivity contribution in [3.63, 3.8) is 0 Å². The minimum absolute atomic E-state index is 0.169. The lowest BCUT2D eigenvalue weighted by Gasteiger charge is -2.35. The maximum atomic E-state index is 6.10. The molecule has 1 fully saturated rings. The molecule has 2 aliphatic heterocycles. The second-order valence-corrected chi connectivity index (χ2v) is 6.15. The van der Waals surface area contributed by atoms with Crippen LogP contribution in [0.3, 0.4) is 0 Å². The molecule has 1 atom stereocenters. The van der Waals surface area contributed by atoms with Gasteiger partial charge in [0.2, 0.25) is 0 Å². The van der Waals surface area contributed by atoms with Crippen molar-refractivity contribution in [1.29, 1.82) is 0 Å². The Morgan fingerprint density at radius 1 is 1.20 bits per heavy atom. The Labute approximate surface area is 121 Å². The number of ether oxygens (including phenoxy) is 2. The van der Waals surface area contributed by atoms with E-state index in [1.165, 1.54) is 37.9 Å². The van der Waals surface area contributed by atoms with E-state index in [1.54, 1.807) is 0 Å². The molecule has 1 unspecified atom stereocenters. The van der Waals surface area contributed by atoms with E-state index >= 15 is 0 Å². The topological polar surface area (TPSA) is 21.7 Å². The Morgan fingerprint density at radius 2 is 2.00 bits per heavy atom. The quantitative estimate of drug-likeness (QED) is 0.845. The Hall–Kier alpha value is -1.22. The van der Waals surface area contributed by atoms with Crippen LogP contribution in [-0.2, 0) is 0 Å². The summed E-state index contributed by atoms with van der Waals surface area (Å²) in [5.74, 6) is 2.72. The van der Waals surface area contributed by atoms with Gasteiger partial charge in [0.15, 0.2) is 11.5 Å². The molecule has 3 nitrogen and oxygen atoms in total. The molecule has 1 saturated heterocycles. The van der Waals surface area contributed by atoms with Gasteiger partial charge in [-0.25, -0.2) is 0 Å². The van der Waals surface area contributed by atoms with Crippen LogP contribution in [0.15, 0.2) is 18.2 Å². The summed E-state index contributed by atoms with van der Waals surface area (Å²) in [6.07, 6.45) is 4.16. The molecule has 2 heterocycles. The molecule has 0 aliphatic carbocycles. The van der Waals surface area contributed by atoms with Crippen molar-refractivity contribution in [3.8, 4) is 11.5 Å². The minimum Gasteiger partial charge on any atom is -0.486 e. The van der Waals surface area contributed by atoms with Crippen molar-refractivity contribution in [2.75, 3.05) is 26.2 Å². The van der Waals surface area contributed by atoms with E-state index in [4.69, 9.17) is 9.47 Å². The first-order valence-electron chi connectivity index (χ1n) is 7.87. The van der Waals surface area contributed by atoms with Crippen LogP contribution in [0.1, 0.15) is 31.7 Å². The highest BCUT2D eigenvalue weighted by Crippen LogP contribution is 2.32. The monoisotopic (exact) mass is 275 g/mol. The molecule has 0 aromatic heterocycles. The lowest BCUT2D eigenvalue weighted by atomic mass is 9.94. The number of likely N-dealkylation sites (tertiary alicyclic amines) is 1. The summed E-state index contributed by atoms with van der Waals surface area (Å²) in [5.41, 5.74) is 1.22. The predicted octanol–water partition coefficient (Wildman–Crippen LogP) is 3.26. The molecule has 110 valence electrons. The number of hydrogen-bond donors (Lipinski definition) is 0. The number of nitrogens with zero attached hydrogens (tertiary/aromatic N) is 1. The molecule has 20 heavy (non-hydrogen) atoms. The van der Waals surface area contributed by atoms with Crippen LogP contribution in [0.2, 0.25) is 0 Å². The van der Waals surface area contributed by atoms with Crippen LogP contribution < -0.4 is 9.47 Å². The summed E-state index contributed by atoms with van der Waals surface area (Å²) in [7, 11) is 0. The summed E-state index contributed by atoms with van der Waals surface area (Å²) < 4.78 is 11.9. The fourth-order valence-corrected chi connectivity index (χ4v) is 3.18. The second kappa shape index (κ2) is 6.04. The SMILES string of the molecule is CCC1CCN(CC2COc3ccc(C)cc3O2)CC1. The third kappa shape index (κ3) is 3.09. The van der Waals surface area contributed by atoms with Crippen molar-refractivity contribution >= 4 is 0 Å². The van der Waals surface area contributed by atoms with E-state index < -0.39 is 0 Å². The Balaban J connectivity index is 1.55. The molecule has 2 aliphatic rings. The van der Waals surface area contributed by atoms with Crippen molar-refractivity contribution in [1.82, 2.24) is 4.90 Å². The molecule has 0 N–H and O–H groups in total. The van der Waals surface area contributed by atoms with Gasteiger partial charge in [-0.3, -0.25) is 4.90 Å². The summed E-state index contributed by atoms with van der Waals surface area (Å²) in [4.78, 5) is 2.53. The zero-order valence-electron chi connectivity index (χ0n) is 12.6.